The van der Waals surface area contributed by atoms with Crippen molar-refractivity contribution < 1.29 is 12.9 Å². The van der Waals surface area contributed by atoms with Crippen molar-refractivity contribution in [2.75, 3.05) is 0 Å². The van der Waals surface area contributed by atoms with E-state index < -0.39 is 10.0 Å². The molecule has 1 aromatic heterocycles. The Balaban J connectivity index is 1.87. The standard InChI is InChI=1S/C17H23N3O3S/c1-9-10(2)12(4)16(13(5)11(9)3)24(21,22)18-8-15-19-17(20-23-15)14-6-7-14/h14,18H,6-8H2,1-5H3. The van der Waals surface area contributed by atoms with Crippen LogP contribution in [0, 0.1) is 34.6 Å². The Morgan fingerprint density at radius 1 is 1.00 bits per heavy atom. The van der Waals surface area contributed by atoms with Crippen LogP contribution in [0.3, 0.4) is 0 Å². The number of rotatable bonds is 5. The molecule has 1 N–H and O–H groups in total. The average molecular weight is 349 g/mol. The average Bonchev–Trinajstić information content (AvgIpc) is 3.27. The van der Waals surface area contributed by atoms with Gasteiger partial charge in [0.15, 0.2) is 5.82 Å². The number of benzene rings is 1. The third kappa shape index (κ3) is 2.98. The smallest absolute Gasteiger partial charge is 0.241 e. The lowest BCUT2D eigenvalue weighted by atomic mass is 9.95. The highest BCUT2D eigenvalue weighted by Gasteiger charge is 2.29. The first kappa shape index (κ1) is 17.1. The highest BCUT2D eigenvalue weighted by molar-refractivity contribution is 7.89. The van der Waals surface area contributed by atoms with E-state index in [1.807, 2.05) is 34.6 Å². The minimum Gasteiger partial charge on any atom is -0.338 e. The predicted octanol–water partition coefficient (Wildman–Crippen LogP) is 2.97. The van der Waals surface area contributed by atoms with Gasteiger partial charge in [-0.1, -0.05) is 5.16 Å². The summed E-state index contributed by atoms with van der Waals surface area (Å²) < 4.78 is 33.4. The van der Waals surface area contributed by atoms with E-state index in [-0.39, 0.29) is 6.54 Å². The molecule has 0 radical (unpaired) electrons. The van der Waals surface area contributed by atoms with Gasteiger partial charge in [-0.15, -0.1) is 0 Å². The van der Waals surface area contributed by atoms with Crippen LogP contribution in [0.1, 0.15) is 58.3 Å². The first-order valence-electron chi connectivity index (χ1n) is 8.11. The molecule has 6 nitrogen and oxygen atoms in total. The van der Waals surface area contributed by atoms with Gasteiger partial charge in [-0.25, -0.2) is 13.1 Å². The Labute approximate surface area is 142 Å². The lowest BCUT2D eigenvalue weighted by molar-refractivity contribution is 0.370. The molecule has 130 valence electrons. The van der Waals surface area contributed by atoms with Crippen molar-refractivity contribution in [1.82, 2.24) is 14.9 Å². The monoisotopic (exact) mass is 349 g/mol. The Kier molecular flexibility index (Phi) is 4.25. The van der Waals surface area contributed by atoms with Crippen molar-refractivity contribution in [3.8, 4) is 0 Å². The van der Waals surface area contributed by atoms with Crippen LogP contribution in [0.4, 0.5) is 0 Å². The van der Waals surface area contributed by atoms with Crippen LogP contribution < -0.4 is 4.72 Å². The van der Waals surface area contributed by atoms with Gasteiger partial charge in [-0.05, 0) is 75.3 Å². The van der Waals surface area contributed by atoms with Gasteiger partial charge in [0.1, 0.15) is 0 Å². The normalized spacial score (nSPS) is 15.0. The topological polar surface area (TPSA) is 85.1 Å². The predicted molar refractivity (Wildman–Crippen MR) is 90.4 cm³/mol. The van der Waals surface area contributed by atoms with Gasteiger partial charge < -0.3 is 4.52 Å². The number of nitrogens with one attached hydrogen (secondary N) is 1. The molecule has 1 aliphatic rings. The summed E-state index contributed by atoms with van der Waals surface area (Å²) in [5.41, 5.74) is 4.72. The molecule has 1 fully saturated rings. The number of nitrogens with zero attached hydrogens (tertiary/aromatic N) is 2. The molecule has 0 aliphatic heterocycles. The van der Waals surface area contributed by atoms with Crippen LogP contribution in [-0.2, 0) is 16.6 Å². The molecule has 0 atom stereocenters. The van der Waals surface area contributed by atoms with Crippen LogP contribution in [0.5, 0.6) is 0 Å². The second kappa shape index (κ2) is 5.97. The molecule has 2 aromatic rings. The van der Waals surface area contributed by atoms with E-state index in [1.165, 1.54) is 0 Å². The first-order chi connectivity index (χ1) is 11.2. The lowest BCUT2D eigenvalue weighted by Crippen LogP contribution is -2.26. The molecular formula is C17H23N3O3S. The van der Waals surface area contributed by atoms with E-state index in [0.717, 1.165) is 40.7 Å². The minimum atomic E-state index is -3.65. The van der Waals surface area contributed by atoms with Gasteiger partial charge in [0.2, 0.25) is 15.9 Å². The molecule has 0 amide bonds. The van der Waals surface area contributed by atoms with Gasteiger partial charge in [-0.3, -0.25) is 0 Å². The van der Waals surface area contributed by atoms with Crippen molar-refractivity contribution >= 4 is 10.0 Å². The second-order valence-electron chi connectivity index (χ2n) is 6.60. The van der Waals surface area contributed by atoms with Gasteiger partial charge in [0.05, 0.1) is 11.4 Å². The molecular weight excluding hydrogens is 326 g/mol. The Bertz CT molecular complexity index is 867. The third-order valence-electron chi connectivity index (χ3n) is 5.04. The number of hydrogen-bond donors (Lipinski definition) is 1. The minimum absolute atomic E-state index is 0.00685. The molecule has 7 heteroatoms. The maximum absolute atomic E-state index is 12.8. The first-order valence-corrected chi connectivity index (χ1v) is 9.59. The molecule has 1 aliphatic carbocycles. The summed E-state index contributed by atoms with van der Waals surface area (Å²) in [6.45, 7) is 9.63. The Hall–Kier alpha value is -1.73. The van der Waals surface area contributed by atoms with Crippen LogP contribution in [0.2, 0.25) is 0 Å². The highest BCUT2D eigenvalue weighted by Crippen LogP contribution is 2.38. The van der Waals surface area contributed by atoms with E-state index in [0.29, 0.717) is 22.5 Å². The summed E-state index contributed by atoms with van der Waals surface area (Å²) in [6, 6.07) is 0. The summed E-state index contributed by atoms with van der Waals surface area (Å²) in [4.78, 5) is 4.61. The molecule has 3 rings (SSSR count). The van der Waals surface area contributed by atoms with E-state index in [2.05, 4.69) is 14.9 Å². The molecule has 0 bridgehead atoms. The largest absolute Gasteiger partial charge is 0.338 e. The molecule has 24 heavy (non-hydrogen) atoms. The van der Waals surface area contributed by atoms with Crippen molar-refractivity contribution in [3.63, 3.8) is 0 Å². The fourth-order valence-electron chi connectivity index (χ4n) is 2.94. The zero-order valence-corrected chi connectivity index (χ0v) is 15.5. The van der Waals surface area contributed by atoms with Gasteiger partial charge >= 0.3 is 0 Å². The molecule has 0 spiro atoms. The zero-order valence-electron chi connectivity index (χ0n) is 14.7. The third-order valence-corrected chi connectivity index (χ3v) is 6.71. The number of sulfonamides is 1. The summed E-state index contributed by atoms with van der Waals surface area (Å²) in [5.74, 6) is 1.36. The Morgan fingerprint density at radius 3 is 2.08 bits per heavy atom. The maximum Gasteiger partial charge on any atom is 0.241 e. The molecule has 1 saturated carbocycles. The number of hydrogen-bond acceptors (Lipinski definition) is 5. The van der Waals surface area contributed by atoms with Crippen LogP contribution >= 0.6 is 0 Å². The van der Waals surface area contributed by atoms with E-state index >= 15 is 0 Å². The van der Waals surface area contributed by atoms with E-state index in [9.17, 15) is 8.42 Å². The molecule has 0 unspecified atom stereocenters. The van der Waals surface area contributed by atoms with Crippen LogP contribution in [-0.4, -0.2) is 18.6 Å². The summed E-state index contributed by atoms with van der Waals surface area (Å²) >= 11 is 0. The Morgan fingerprint density at radius 2 is 1.54 bits per heavy atom. The fraction of sp³-hybridized carbons (Fsp3) is 0.529. The maximum atomic E-state index is 12.8. The number of aromatic nitrogens is 2. The summed E-state index contributed by atoms with van der Waals surface area (Å²) in [7, 11) is -3.65. The van der Waals surface area contributed by atoms with Crippen LogP contribution in [0.15, 0.2) is 9.42 Å². The van der Waals surface area contributed by atoms with Crippen molar-refractivity contribution in [3.05, 3.63) is 39.5 Å². The van der Waals surface area contributed by atoms with Gasteiger partial charge in [0.25, 0.3) is 0 Å². The fourth-order valence-corrected chi connectivity index (χ4v) is 4.52. The van der Waals surface area contributed by atoms with Gasteiger partial charge in [0, 0.05) is 5.92 Å². The van der Waals surface area contributed by atoms with Crippen molar-refractivity contribution in [2.24, 2.45) is 0 Å². The quantitative estimate of drug-likeness (QED) is 0.897. The SMILES string of the molecule is Cc1c(C)c(C)c(S(=O)(=O)NCc2nc(C3CC3)no2)c(C)c1C. The van der Waals surface area contributed by atoms with Gasteiger partial charge in [-0.2, -0.15) is 4.98 Å². The zero-order chi connectivity index (χ0) is 17.6. The molecule has 1 heterocycles. The highest BCUT2D eigenvalue weighted by atomic mass is 32.2. The summed E-state index contributed by atoms with van der Waals surface area (Å²) in [6.07, 6.45) is 2.15. The van der Waals surface area contributed by atoms with Crippen molar-refractivity contribution in [1.29, 1.82) is 0 Å². The lowest BCUT2D eigenvalue weighted by Gasteiger charge is -2.18. The van der Waals surface area contributed by atoms with E-state index in [4.69, 9.17) is 4.52 Å². The van der Waals surface area contributed by atoms with Crippen LogP contribution in [0.25, 0.3) is 0 Å². The molecule has 0 saturated heterocycles. The van der Waals surface area contributed by atoms with Crippen molar-refractivity contribution in [2.45, 2.75) is 64.8 Å². The van der Waals surface area contributed by atoms with E-state index in [1.54, 1.807) is 0 Å². The summed E-state index contributed by atoms with van der Waals surface area (Å²) in [5, 5.41) is 3.91. The molecule has 1 aromatic carbocycles. The second-order valence-corrected chi connectivity index (χ2v) is 8.30.